The molecule has 0 heterocycles. The minimum atomic E-state index is -0.744. The lowest BCUT2D eigenvalue weighted by atomic mass is 9.94. The Hall–Kier alpha value is -3.76. The number of hydrogen-bond acceptors (Lipinski definition) is 3. The maximum absolute atomic E-state index is 12.8. The highest BCUT2D eigenvalue weighted by molar-refractivity contribution is 7.97. The highest BCUT2D eigenvalue weighted by Crippen LogP contribution is 2.36. The molecule has 0 N–H and O–H groups in total. The Kier molecular flexibility index (Phi) is 7.44. The minimum Gasteiger partial charge on any atom is -0.481 e. The number of esters is 1. The lowest BCUT2D eigenvalue weighted by Gasteiger charge is -2.26. The zero-order chi connectivity index (χ0) is 26.7. The molecule has 0 aromatic heterocycles. The van der Waals surface area contributed by atoms with E-state index in [0.29, 0.717) is 0 Å². The summed E-state index contributed by atoms with van der Waals surface area (Å²) in [5.41, 5.74) is 4.74. The van der Waals surface area contributed by atoms with Gasteiger partial charge in [-0.25, -0.2) is 4.79 Å². The van der Waals surface area contributed by atoms with E-state index in [9.17, 15) is 4.79 Å². The molecule has 4 aromatic rings. The number of carbonyl (C=O) groups excluding carboxylic acids is 1. The van der Waals surface area contributed by atoms with Crippen molar-refractivity contribution in [3.63, 3.8) is 0 Å². The van der Waals surface area contributed by atoms with Crippen LogP contribution in [-0.4, -0.2) is 12.6 Å². The highest BCUT2D eigenvalue weighted by atomic mass is 32.2. The van der Waals surface area contributed by atoms with Crippen molar-refractivity contribution in [3.05, 3.63) is 125 Å². The summed E-state index contributed by atoms with van der Waals surface area (Å²) in [6.07, 6.45) is 5.20. The molecule has 0 amide bonds. The summed E-state index contributed by atoms with van der Waals surface area (Å²) in [6.45, 7) is 7.79. The lowest BCUT2D eigenvalue weighted by Crippen LogP contribution is -2.29. The van der Waals surface area contributed by atoms with Crippen LogP contribution in [0.15, 0.2) is 112 Å². The smallest absolute Gasteiger partial charge is 0.345 e. The Balaban J connectivity index is 1.32. The van der Waals surface area contributed by atoms with E-state index in [1.165, 1.54) is 25.8 Å². The minimum absolute atomic E-state index is 0.139. The summed E-state index contributed by atoms with van der Waals surface area (Å²) in [5.74, 6) is 0.349. The SMILES string of the molecule is Cc1cc([S+](c2ccccc2)c2ccccc2)cc(C)c1OCC(=O)OC(C)(C)c1ccc2c(c1)CC=C2. The fourth-order valence-electron chi connectivity index (χ4n) is 4.91. The predicted molar refractivity (Wildman–Crippen MR) is 155 cm³/mol. The normalized spacial score (nSPS) is 12.4. The van der Waals surface area contributed by atoms with E-state index < -0.39 is 5.60 Å². The van der Waals surface area contributed by atoms with Gasteiger partial charge in [-0.2, -0.15) is 0 Å². The predicted octanol–water partition coefficient (Wildman–Crippen LogP) is 7.83. The second-order valence-electron chi connectivity index (χ2n) is 10.1. The van der Waals surface area contributed by atoms with Crippen LogP contribution in [0.5, 0.6) is 5.75 Å². The number of benzene rings is 4. The van der Waals surface area contributed by atoms with Gasteiger partial charge in [-0.05, 0) is 86.2 Å². The molecule has 0 unspecified atom stereocenters. The van der Waals surface area contributed by atoms with E-state index in [1.807, 2.05) is 45.9 Å². The number of hydrogen-bond donors (Lipinski definition) is 0. The molecule has 0 aliphatic heterocycles. The second-order valence-corrected chi connectivity index (χ2v) is 12.1. The number of allylic oxidation sites excluding steroid dienone is 1. The highest BCUT2D eigenvalue weighted by Gasteiger charge is 2.30. The Morgan fingerprint density at radius 3 is 2.03 bits per heavy atom. The number of aryl methyl sites for hydroxylation is 2. The fraction of sp³-hybridized carbons (Fsp3) is 0.206. The maximum atomic E-state index is 12.8. The van der Waals surface area contributed by atoms with E-state index >= 15 is 0 Å². The molecule has 0 fully saturated rings. The van der Waals surface area contributed by atoms with Crippen molar-refractivity contribution in [3.8, 4) is 5.75 Å². The average Bonchev–Trinajstić information content (AvgIpc) is 3.38. The van der Waals surface area contributed by atoms with E-state index in [0.717, 1.165) is 28.9 Å². The van der Waals surface area contributed by atoms with Crippen molar-refractivity contribution in [1.29, 1.82) is 0 Å². The standard InChI is InChI=1S/C34H33O3S/c1-24-20-31(38(29-14-7-5-8-15-29)30-16-9-6-10-17-30)21-25(2)33(24)36-23-32(35)37-34(3,4)28-19-18-26-12-11-13-27(26)22-28/h5-12,14-22H,13,23H2,1-4H3/q+1. The van der Waals surface area contributed by atoms with Crippen molar-refractivity contribution in [2.75, 3.05) is 6.61 Å². The third-order valence-corrected chi connectivity index (χ3v) is 9.00. The molecule has 0 bridgehead atoms. The van der Waals surface area contributed by atoms with Crippen LogP contribution >= 0.6 is 0 Å². The van der Waals surface area contributed by atoms with Gasteiger partial charge in [0, 0.05) is 12.1 Å². The van der Waals surface area contributed by atoms with Gasteiger partial charge in [0.05, 0.1) is 10.9 Å². The molecule has 0 saturated heterocycles. The van der Waals surface area contributed by atoms with Crippen LogP contribution in [0.25, 0.3) is 6.08 Å². The molecule has 4 heteroatoms. The van der Waals surface area contributed by atoms with Crippen LogP contribution in [0.1, 0.15) is 41.7 Å². The first-order chi connectivity index (χ1) is 18.3. The monoisotopic (exact) mass is 521 g/mol. The Labute approximate surface area is 228 Å². The molecule has 0 atom stereocenters. The summed E-state index contributed by atoms with van der Waals surface area (Å²) in [4.78, 5) is 16.6. The van der Waals surface area contributed by atoms with E-state index in [1.54, 1.807) is 0 Å². The van der Waals surface area contributed by atoms with Crippen LogP contribution in [0.4, 0.5) is 0 Å². The summed E-state index contributed by atoms with van der Waals surface area (Å²) in [6, 6.07) is 31.8. The van der Waals surface area contributed by atoms with Gasteiger partial charge >= 0.3 is 5.97 Å². The first-order valence-electron chi connectivity index (χ1n) is 12.9. The first-order valence-corrected chi connectivity index (χ1v) is 14.1. The number of ether oxygens (including phenoxy) is 2. The first kappa shape index (κ1) is 25.9. The molecule has 192 valence electrons. The number of rotatable bonds is 8. The molecule has 4 aromatic carbocycles. The molecule has 1 aliphatic rings. The molecular formula is C34H33O3S+. The largest absolute Gasteiger partial charge is 0.481 e. The number of fused-ring (bicyclic) bond motifs is 1. The lowest BCUT2D eigenvalue weighted by molar-refractivity contribution is -0.159. The van der Waals surface area contributed by atoms with Gasteiger partial charge < -0.3 is 9.47 Å². The van der Waals surface area contributed by atoms with Crippen LogP contribution in [-0.2, 0) is 32.4 Å². The van der Waals surface area contributed by atoms with Gasteiger partial charge in [0.1, 0.15) is 11.4 Å². The summed E-state index contributed by atoms with van der Waals surface area (Å²) in [5, 5.41) is 0. The Morgan fingerprint density at radius 1 is 0.816 bits per heavy atom. The Bertz CT molecular complexity index is 1410. The van der Waals surface area contributed by atoms with Gasteiger partial charge in [-0.3, -0.25) is 0 Å². The molecule has 0 radical (unpaired) electrons. The summed E-state index contributed by atoms with van der Waals surface area (Å²) < 4.78 is 11.9. The molecule has 0 saturated carbocycles. The van der Waals surface area contributed by atoms with Crippen molar-refractivity contribution in [2.24, 2.45) is 0 Å². The molecule has 1 aliphatic carbocycles. The van der Waals surface area contributed by atoms with Crippen LogP contribution < -0.4 is 4.74 Å². The molecule has 3 nitrogen and oxygen atoms in total. The van der Waals surface area contributed by atoms with E-state index in [-0.39, 0.29) is 23.5 Å². The fourth-order valence-corrected chi connectivity index (χ4v) is 7.18. The summed E-state index contributed by atoms with van der Waals surface area (Å²) in [7, 11) is -0.243. The second kappa shape index (κ2) is 10.9. The maximum Gasteiger partial charge on any atom is 0.345 e. The summed E-state index contributed by atoms with van der Waals surface area (Å²) >= 11 is 0. The van der Waals surface area contributed by atoms with Crippen molar-refractivity contribution >= 4 is 22.9 Å². The van der Waals surface area contributed by atoms with Crippen LogP contribution in [0.2, 0.25) is 0 Å². The third-order valence-electron chi connectivity index (χ3n) is 6.80. The van der Waals surface area contributed by atoms with Crippen molar-refractivity contribution in [2.45, 2.75) is 54.4 Å². The van der Waals surface area contributed by atoms with Gasteiger partial charge in [0.25, 0.3) is 0 Å². The quantitative estimate of drug-likeness (QED) is 0.175. The van der Waals surface area contributed by atoms with Crippen LogP contribution in [0.3, 0.4) is 0 Å². The Morgan fingerprint density at radius 2 is 1.42 bits per heavy atom. The zero-order valence-electron chi connectivity index (χ0n) is 22.4. The van der Waals surface area contributed by atoms with Crippen LogP contribution in [0, 0.1) is 13.8 Å². The van der Waals surface area contributed by atoms with Gasteiger partial charge in [-0.15, -0.1) is 0 Å². The van der Waals surface area contributed by atoms with Crippen molar-refractivity contribution < 1.29 is 14.3 Å². The topological polar surface area (TPSA) is 35.5 Å². The van der Waals surface area contributed by atoms with E-state index in [4.69, 9.17) is 9.47 Å². The molecule has 0 spiro atoms. The molecule has 5 rings (SSSR count). The number of carbonyl (C=O) groups is 1. The third kappa shape index (κ3) is 5.56. The zero-order valence-corrected chi connectivity index (χ0v) is 23.2. The average molecular weight is 522 g/mol. The van der Waals surface area contributed by atoms with Gasteiger partial charge in [-0.1, -0.05) is 66.7 Å². The van der Waals surface area contributed by atoms with Crippen molar-refractivity contribution in [1.82, 2.24) is 0 Å². The van der Waals surface area contributed by atoms with Gasteiger partial charge in [0.2, 0.25) is 0 Å². The van der Waals surface area contributed by atoms with E-state index in [2.05, 4.69) is 84.9 Å². The van der Waals surface area contributed by atoms with Gasteiger partial charge in [0.15, 0.2) is 21.3 Å². The molecule has 38 heavy (non-hydrogen) atoms. The molecular weight excluding hydrogens is 488 g/mol.